The highest BCUT2D eigenvalue weighted by molar-refractivity contribution is 7.84. The second-order valence-electron chi connectivity index (χ2n) is 5.38. The number of rotatable bonds is 5. The Kier molecular flexibility index (Phi) is 5.55. The van der Waals surface area contributed by atoms with Crippen molar-refractivity contribution in [3.63, 3.8) is 0 Å². The first-order valence-electron chi connectivity index (χ1n) is 6.95. The first-order chi connectivity index (χ1) is 9.19. The number of hydrogen-bond donors (Lipinski definition) is 2. The summed E-state index contributed by atoms with van der Waals surface area (Å²) >= 11 is 0. The Hall–Kier alpha value is -0.710. The van der Waals surface area contributed by atoms with Crippen LogP contribution in [0.2, 0.25) is 0 Å². The standard InChI is InChI=1S/C15H23NO2S/c1-19(18)15-8-4-12(5-9-15)10-16-14-6-2-13(11-17)3-7-14/h4-5,8-9,13-14,16-17H,2-3,6-7,10-11H2,1H3. The van der Waals surface area contributed by atoms with Gasteiger partial charge < -0.3 is 10.4 Å². The van der Waals surface area contributed by atoms with Crippen LogP contribution >= 0.6 is 0 Å². The Bertz CT molecular complexity index is 411. The summed E-state index contributed by atoms with van der Waals surface area (Å²) in [6.45, 7) is 1.20. The average Bonchev–Trinajstić information content (AvgIpc) is 2.46. The molecule has 1 aromatic rings. The van der Waals surface area contributed by atoms with Gasteiger partial charge in [-0.15, -0.1) is 0 Å². The van der Waals surface area contributed by atoms with Crippen molar-refractivity contribution in [2.24, 2.45) is 5.92 Å². The molecular weight excluding hydrogens is 258 g/mol. The van der Waals surface area contributed by atoms with E-state index < -0.39 is 10.8 Å². The SMILES string of the molecule is CS(=O)c1ccc(CNC2CCC(CO)CC2)cc1. The molecule has 0 aromatic heterocycles. The van der Waals surface area contributed by atoms with E-state index in [-0.39, 0.29) is 0 Å². The van der Waals surface area contributed by atoms with Gasteiger partial charge in [-0.3, -0.25) is 4.21 Å². The molecule has 0 spiro atoms. The zero-order valence-corrected chi connectivity index (χ0v) is 12.3. The molecule has 0 radical (unpaired) electrons. The van der Waals surface area contributed by atoms with Gasteiger partial charge in [0.25, 0.3) is 0 Å². The van der Waals surface area contributed by atoms with Crippen molar-refractivity contribution in [1.29, 1.82) is 0 Å². The number of benzene rings is 1. The highest BCUT2D eigenvalue weighted by Crippen LogP contribution is 2.23. The Morgan fingerprint density at radius 1 is 1.21 bits per heavy atom. The second kappa shape index (κ2) is 7.17. The molecular formula is C15H23NO2S. The van der Waals surface area contributed by atoms with Crippen LogP contribution in [-0.2, 0) is 17.3 Å². The summed E-state index contributed by atoms with van der Waals surface area (Å²) in [7, 11) is -0.895. The largest absolute Gasteiger partial charge is 0.396 e. The molecule has 3 nitrogen and oxygen atoms in total. The molecule has 0 heterocycles. The third kappa shape index (κ3) is 4.41. The summed E-state index contributed by atoms with van der Waals surface area (Å²) in [5.74, 6) is 0.511. The maximum atomic E-state index is 11.3. The van der Waals surface area contributed by atoms with E-state index in [2.05, 4.69) is 5.32 Å². The molecule has 0 saturated heterocycles. The number of nitrogens with one attached hydrogen (secondary N) is 1. The Morgan fingerprint density at radius 3 is 2.37 bits per heavy atom. The molecule has 1 fully saturated rings. The number of aliphatic hydroxyl groups excluding tert-OH is 1. The summed E-state index contributed by atoms with van der Waals surface area (Å²) in [4.78, 5) is 0.882. The minimum Gasteiger partial charge on any atom is -0.396 e. The number of aliphatic hydroxyl groups is 1. The van der Waals surface area contributed by atoms with Crippen molar-refractivity contribution in [2.75, 3.05) is 12.9 Å². The van der Waals surface area contributed by atoms with Gasteiger partial charge in [-0.25, -0.2) is 0 Å². The predicted octanol–water partition coefficient (Wildman–Crippen LogP) is 2.06. The maximum Gasteiger partial charge on any atom is 0.0498 e. The van der Waals surface area contributed by atoms with Crippen molar-refractivity contribution in [3.8, 4) is 0 Å². The van der Waals surface area contributed by atoms with Gasteiger partial charge in [0.05, 0.1) is 0 Å². The highest BCUT2D eigenvalue weighted by atomic mass is 32.2. The third-order valence-electron chi connectivity index (χ3n) is 3.96. The van der Waals surface area contributed by atoms with Crippen LogP contribution in [-0.4, -0.2) is 28.2 Å². The fourth-order valence-electron chi connectivity index (χ4n) is 2.61. The maximum absolute atomic E-state index is 11.3. The van der Waals surface area contributed by atoms with Crippen molar-refractivity contribution >= 4 is 10.8 Å². The van der Waals surface area contributed by atoms with Crippen molar-refractivity contribution in [3.05, 3.63) is 29.8 Å². The van der Waals surface area contributed by atoms with Gasteiger partial charge in [-0.1, -0.05) is 12.1 Å². The fourth-order valence-corrected chi connectivity index (χ4v) is 3.13. The van der Waals surface area contributed by atoms with E-state index in [0.29, 0.717) is 18.6 Å². The molecule has 1 aliphatic carbocycles. The average molecular weight is 281 g/mol. The van der Waals surface area contributed by atoms with Crippen molar-refractivity contribution in [2.45, 2.75) is 43.2 Å². The van der Waals surface area contributed by atoms with Gasteiger partial charge in [-0.05, 0) is 49.3 Å². The molecule has 4 heteroatoms. The van der Waals surface area contributed by atoms with E-state index in [1.165, 1.54) is 5.56 Å². The Balaban J connectivity index is 1.78. The van der Waals surface area contributed by atoms with Gasteiger partial charge in [0.1, 0.15) is 0 Å². The van der Waals surface area contributed by atoms with Crippen molar-refractivity contribution in [1.82, 2.24) is 5.32 Å². The first-order valence-corrected chi connectivity index (χ1v) is 8.51. The van der Waals surface area contributed by atoms with E-state index >= 15 is 0 Å². The van der Waals surface area contributed by atoms with Gasteiger partial charge in [-0.2, -0.15) is 0 Å². The van der Waals surface area contributed by atoms with Crippen LogP contribution < -0.4 is 5.32 Å². The predicted molar refractivity (Wildman–Crippen MR) is 78.4 cm³/mol. The molecule has 0 aliphatic heterocycles. The lowest BCUT2D eigenvalue weighted by molar-refractivity contribution is 0.175. The van der Waals surface area contributed by atoms with Crippen LogP contribution in [0.3, 0.4) is 0 Å². The molecule has 1 atom stereocenters. The van der Waals surface area contributed by atoms with Crippen molar-refractivity contribution < 1.29 is 9.32 Å². The molecule has 1 aromatic carbocycles. The molecule has 0 amide bonds. The smallest absolute Gasteiger partial charge is 0.0498 e. The summed E-state index contributed by atoms with van der Waals surface area (Å²) in [6.07, 6.45) is 6.27. The minimum atomic E-state index is -0.895. The van der Waals surface area contributed by atoms with E-state index in [1.54, 1.807) is 6.26 Å². The van der Waals surface area contributed by atoms with Gasteiger partial charge in [0.2, 0.25) is 0 Å². The topological polar surface area (TPSA) is 49.3 Å². The van der Waals surface area contributed by atoms with Crippen LogP contribution in [0.4, 0.5) is 0 Å². The van der Waals surface area contributed by atoms with Gasteiger partial charge in [0, 0.05) is 41.1 Å². The molecule has 106 valence electrons. The molecule has 1 unspecified atom stereocenters. The number of hydrogen-bond acceptors (Lipinski definition) is 3. The fraction of sp³-hybridized carbons (Fsp3) is 0.600. The molecule has 19 heavy (non-hydrogen) atoms. The lowest BCUT2D eigenvalue weighted by Crippen LogP contribution is -2.33. The molecule has 2 N–H and O–H groups in total. The zero-order chi connectivity index (χ0) is 13.7. The van der Waals surface area contributed by atoms with E-state index in [9.17, 15) is 4.21 Å². The molecule has 0 bridgehead atoms. The normalized spacial score (nSPS) is 25.2. The van der Waals surface area contributed by atoms with Crippen LogP contribution in [0.1, 0.15) is 31.2 Å². The second-order valence-corrected chi connectivity index (χ2v) is 6.76. The van der Waals surface area contributed by atoms with Crippen LogP contribution in [0.25, 0.3) is 0 Å². The summed E-state index contributed by atoms with van der Waals surface area (Å²) < 4.78 is 11.3. The monoisotopic (exact) mass is 281 g/mol. The molecule has 1 aliphatic rings. The summed E-state index contributed by atoms with van der Waals surface area (Å²) in [6, 6.07) is 8.54. The van der Waals surface area contributed by atoms with E-state index in [0.717, 1.165) is 37.1 Å². The Labute approximate surface area is 117 Å². The van der Waals surface area contributed by atoms with Crippen LogP contribution in [0.5, 0.6) is 0 Å². The van der Waals surface area contributed by atoms with Gasteiger partial charge in [0.15, 0.2) is 0 Å². The van der Waals surface area contributed by atoms with E-state index in [4.69, 9.17) is 5.11 Å². The molecule has 1 saturated carbocycles. The third-order valence-corrected chi connectivity index (χ3v) is 4.89. The minimum absolute atomic E-state index is 0.336. The quantitative estimate of drug-likeness (QED) is 0.868. The molecule has 2 rings (SSSR count). The highest BCUT2D eigenvalue weighted by Gasteiger charge is 2.19. The first kappa shape index (κ1) is 14.7. The lowest BCUT2D eigenvalue weighted by atomic mass is 9.86. The van der Waals surface area contributed by atoms with Crippen LogP contribution in [0, 0.1) is 5.92 Å². The summed E-state index contributed by atoms with van der Waals surface area (Å²) in [5, 5.41) is 12.7. The lowest BCUT2D eigenvalue weighted by Gasteiger charge is -2.28. The summed E-state index contributed by atoms with van der Waals surface area (Å²) in [5.41, 5.74) is 1.23. The van der Waals surface area contributed by atoms with Crippen LogP contribution in [0.15, 0.2) is 29.2 Å². The Morgan fingerprint density at radius 2 is 1.84 bits per heavy atom. The zero-order valence-electron chi connectivity index (χ0n) is 11.5. The van der Waals surface area contributed by atoms with Gasteiger partial charge >= 0.3 is 0 Å². The van der Waals surface area contributed by atoms with E-state index in [1.807, 2.05) is 24.3 Å².